The van der Waals surface area contributed by atoms with Crippen molar-refractivity contribution < 1.29 is 78.2 Å². The van der Waals surface area contributed by atoms with Crippen LogP contribution in [-0.4, -0.2) is 90.4 Å². The molecule has 0 aromatic heterocycles. The van der Waals surface area contributed by atoms with E-state index in [9.17, 15) is 80.1 Å². The molecular formula is C36H26N4O20. The van der Waals surface area contributed by atoms with E-state index in [4.69, 9.17) is 18.9 Å². The van der Waals surface area contributed by atoms with E-state index in [2.05, 4.69) is 0 Å². The number of carboxylic acid groups (broad SMARTS) is 4. The fourth-order valence-electron chi connectivity index (χ4n) is 7.43. The lowest BCUT2D eigenvalue weighted by molar-refractivity contribution is -0.385. The monoisotopic (exact) mass is 834 g/mol. The summed E-state index contributed by atoms with van der Waals surface area (Å²) in [5, 5.41) is 88.8. The van der Waals surface area contributed by atoms with Crippen LogP contribution in [0.5, 0.6) is 23.0 Å². The highest BCUT2D eigenvalue weighted by atomic mass is 16.6. The van der Waals surface area contributed by atoms with Crippen LogP contribution in [-0.2, 0) is 43.9 Å². The zero-order chi connectivity index (χ0) is 43.8. The number of carboxylic acids is 4. The molecule has 1 spiro atoms. The summed E-state index contributed by atoms with van der Waals surface area (Å²) in [5.41, 5.74) is -7.68. The molecule has 0 saturated heterocycles. The highest BCUT2D eigenvalue weighted by molar-refractivity contribution is 5.77. The normalized spacial score (nSPS) is 12.9. The van der Waals surface area contributed by atoms with Gasteiger partial charge in [-0.25, -0.2) is 19.2 Å². The van der Waals surface area contributed by atoms with Crippen LogP contribution in [0.25, 0.3) is 0 Å². The lowest BCUT2D eigenvalue weighted by Crippen LogP contribution is -2.32. The molecule has 24 nitrogen and oxygen atoms in total. The fraction of sp³-hybridized carbons (Fsp3) is 0.222. The van der Waals surface area contributed by atoms with Gasteiger partial charge in [-0.15, -0.1) is 0 Å². The third-order valence-electron chi connectivity index (χ3n) is 9.48. The van der Waals surface area contributed by atoms with E-state index in [0.29, 0.717) is 0 Å². The van der Waals surface area contributed by atoms with Gasteiger partial charge < -0.3 is 39.4 Å². The Kier molecular flexibility index (Phi) is 10.9. The maximum atomic E-state index is 12.7. The number of carbonyl (C=O) groups is 4. The molecule has 0 fully saturated rings. The van der Waals surface area contributed by atoms with Crippen LogP contribution < -0.4 is 18.9 Å². The number of rotatable bonds is 16. The van der Waals surface area contributed by atoms with Crippen LogP contribution in [0.1, 0.15) is 44.5 Å². The average Bonchev–Trinajstić information content (AvgIpc) is 3.34. The van der Waals surface area contributed by atoms with Gasteiger partial charge in [-0.05, 0) is 6.42 Å². The number of fused-ring (bicyclic) bond motifs is 11. The van der Waals surface area contributed by atoms with Crippen molar-refractivity contribution in [2.24, 2.45) is 0 Å². The van der Waals surface area contributed by atoms with Crippen molar-refractivity contribution in [1.29, 1.82) is 0 Å². The summed E-state index contributed by atoms with van der Waals surface area (Å²) in [4.78, 5) is 94.3. The van der Waals surface area contributed by atoms with Crippen LogP contribution in [0.2, 0.25) is 0 Å². The molecule has 6 rings (SSSR count). The van der Waals surface area contributed by atoms with Gasteiger partial charge in [-0.1, -0.05) is 0 Å². The fourth-order valence-corrected chi connectivity index (χ4v) is 7.43. The van der Waals surface area contributed by atoms with E-state index in [-0.39, 0.29) is 44.9 Å². The Morgan fingerprint density at radius 2 is 0.700 bits per heavy atom. The van der Waals surface area contributed by atoms with Crippen LogP contribution in [0.15, 0.2) is 48.5 Å². The number of aliphatic carboxylic acids is 4. The Labute approximate surface area is 332 Å². The summed E-state index contributed by atoms with van der Waals surface area (Å²) in [6.07, 6.45) is -1.93. The van der Waals surface area contributed by atoms with Gasteiger partial charge in [0.1, 0.15) is 23.0 Å². The van der Waals surface area contributed by atoms with Crippen molar-refractivity contribution in [3.8, 4) is 23.0 Å². The molecule has 8 bridgehead atoms. The highest BCUT2D eigenvalue weighted by Gasteiger charge is 2.52. The van der Waals surface area contributed by atoms with Gasteiger partial charge in [-0.2, -0.15) is 0 Å². The molecule has 0 aliphatic heterocycles. The van der Waals surface area contributed by atoms with Crippen molar-refractivity contribution in [2.75, 3.05) is 26.4 Å². The average molecular weight is 835 g/mol. The van der Waals surface area contributed by atoms with Crippen LogP contribution in [0.4, 0.5) is 22.7 Å². The first-order chi connectivity index (χ1) is 28.3. The molecule has 4 aromatic carbocycles. The van der Waals surface area contributed by atoms with Crippen LogP contribution in [0.3, 0.4) is 0 Å². The lowest BCUT2D eigenvalue weighted by atomic mass is 9.68. The van der Waals surface area contributed by atoms with Crippen molar-refractivity contribution in [3.05, 3.63) is 133 Å². The van der Waals surface area contributed by atoms with E-state index >= 15 is 0 Å². The number of nitro benzene ring substituents is 4. The maximum absolute atomic E-state index is 12.7. The molecule has 0 unspecified atom stereocenters. The Bertz CT molecular complexity index is 2480. The minimum atomic E-state index is -2.32. The number of benzene rings is 4. The third kappa shape index (κ3) is 7.78. The lowest BCUT2D eigenvalue weighted by Gasteiger charge is -2.35. The van der Waals surface area contributed by atoms with Gasteiger partial charge in [0, 0.05) is 106 Å². The standard InChI is InChI=1S/C36H26N4O20/c41-28(42)12-57-32-16-1-18-5-22(38(51)52)8-25(33(18)58-13-29(43)44)36(11-20-7-24(40(55)56)10-27(36)35(20)60-15-31(47)48)26-9-23(39(53)54)6-19(34(26)59-14-30(45)46)2-17(32)4-21(3-16)37(49)50/h3-10H,1-2,11-15H2,(H,41,42)(H,43,44)(H,45,46)(H,47,48). The summed E-state index contributed by atoms with van der Waals surface area (Å²) >= 11 is 0. The first-order valence-corrected chi connectivity index (χ1v) is 16.9. The van der Waals surface area contributed by atoms with Crippen molar-refractivity contribution >= 4 is 46.6 Å². The van der Waals surface area contributed by atoms with Gasteiger partial charge in [0.15, 0.2) is 26.4 Å². The number of hydrogen-bond donors (Lipinski definition) is 4. The summed E-state index contributed by atoms with van der Waals surface area (Å²) in [7, 11) is 0. The number of non-ortho nitro benzene ring substituents is 4. The SMILES string of the molecule is O=C(O)COc1c2cc([N+](=O)[O-])cc1Cc1cc([N+](=O)[O-])cc(c1OCC(=O)O)C1(Cc3cc([N+](=O)[O-])cc1c3OCC(=O)O)c1cc([N+](=O)[O-])cc(c1OCC(=O)O)C2. The topological polar surface area (TPSA) is 359 Å². The van der Waals surface area contributed by atoms with Gasteiger partial charge in [0.25, 0.3) is 22.7 Å². The molecule has 310 valence electrons. The van der Waals surface area contributed by atoms with Gasteiger partial charge >= 0.3 is 23.9 Å². The van der Waals surface area contributed by atoms with Crippen molar-refractivity contribution in [1.82, 2.24) is 0 Å². The molecule has 4 aromatic rings. The van der Waals surface area contributed by atoms with Crippen molar-refractivity contribution in [3.63, 3.8) is 0 Å². The molecule has 0 atom stereocenters. The first-order valence-electron chi connectivity index (χ1n) is 16.9. The highest BCUT2D eigenvalue weighted by Crippen LogP contribution is 2.60. The zero-order valence-corrected chi connectivity index (χ0v) is 30.2. The zero-order valence-electron chi connectivity index (χ0n) is 30.2. The molecule has 4 N–H and O–H groups in total. The Morgan fingerprint density at radius 1 is 0.450 bits per heavy atom. The minimum Gasteiger partial charge on any atom is -0.481 e. The molecule has 2 aliphatic rings. The van der Waals surface area contributed by atoms with E-state index in [1.807, 2.05) is 0 Å². The van der Waals surface area contributed by atoms with Gasteiger partial charge in [-0.3, -0.25) is 40.5 Å². The Hall–Kier alpha value is -8.44. The summed E-state index contributed by atoms with van der Waals surface area (Å²) in [6, 6.07) is 7.25. The molecule has 0 saturated carbocycles. The smallest absolute Gasteiger partial charge is 0.341 e. The molecule has 24 heteroatoms. The first kappa shape index (κ1) is 41.2. The molecule has 0 amide bonds. The van der Waals surface area contributed by atoms with Crippen LogP contribution >= 0.6 is 0 Å². The number of hydrogen-bond acceptors (Lipinski definition) is 16. The van der Waals surface area contributed by atoms with E-state index in [1.54, 1.807) is 0 Å². The van der Waals surface area contributed by atoms with E-state index in [1.165, 1.54) is 0 Å². The number of nitrogens with zero attached hydrogens (tertiary/aromatic N) is 4. The Morgan fingerprint density at radius 3 is 1.00 bits per heavy atom. The predicted molar refractivity (Wildman–Crippen MR) is 194 cm³/mol. The second-order valence-corrected chi connectivity index (χ2v) is 13.2. The molecule has 0 heterocycles. The molecule has 0 radical (unpaired) electrons. The number of nitro groups is 4. The van der Waals surface area contributed by atoms with E-state index in [0.717, 1.165) is 48.5 Å². The second kappa shape index (κ2) is 15.8. The quantitative estimate of drug-likeness (QED) is 0.0925. The number of ether oxygens (including phenoxy) is 4. The molecular weight excluding hydrogens is 808 g/mol. The largest absolute Gasteiger partial charge is 0.481 e. The Balaban J connectivity index is 1.91. The summed E-state index contributed by atoms with van der Waals surface area (Å²) < 4.78 is 22.9. The minimum absolute atomic E-state index is 0.132. The van der Waals surface area contributed by atoms with Gasteiger partial charge in [0.2, 0.25) is 0 Å². The summed E-state index contributed by atoms with van der Waals surface area (Å²) in [5.74, 6) is -8.10. The third-order valence-corrected chi connectivity index (χ3v) is 9.48. The van der Waals surface area contributed by atoms with Gasteiger partial charge in [0.05, 0.1) is 25.1 Å². The molecule has 2 aliphatic carbocycles. The summed E-state index contributed by atoms with van der Waals surface area (Å²) in [6.45, 7) is -4.52. The maximum Gasteiger partial charge on any atom is 0.341 e. The predicted octanol–water partition coefficient (Wildman–Crippen LogP) is 3.56. The second-order valence-electron chi connectivity index (χ2n) is 13.2. The molecule has 60 heavy (non-hydrogen) atoms. The van der Waals surface area contributed by atoms with E-state index < -0.39 is 140 Å². The van der Waals surface area contributed by atoms with Crippen molar-refractivity contribution in [2.45, 2.75) is 24.7 Å². The van der Waals surface area contributed by atoms with Crippen LogP contribution in [0, 0.1) is 40.5 Å².